The molecule has 1 amide bonds. The quantitative estimate of drug-likeness (QED) is 0.469. The highest BCUT2D eigenvalue weighted by atomic mass is 16.3. The van der Waals surface area contributed by atoms with Crippen LogP contribution in [0.25, 0.3) is 28.0 Å². The normalized spacial score (nSPS) is 10.9. The minimum atomic E-state index is -0.378. The molecular weight excluding hydrogens is 406 g/mol. The van der Waals surface area contributed by atoms with E-state index in [1.165, 1.54) is 11.0 Å². The molecule has 3 aromatic carbocycles. The van der Waals surface area contributed by atoms with E-state index in [1.54, 1.807) is 49.4 Å². The summed E-state index contributed by atoms with van der Waals surface area (Å²) in [7, 11) is 0. The summed E-state index contributed by atoms with van der Waals surface area (Å²) in [5.41, 5.74) is 2.99. The van der Waals surface area contributed by atoms with Crippen molar-refractivity contribution >= 4 is 22.6 Å². The Hall–Kier alpha value is -4.59. The fourth-order valence-corrected chi connectivity index (χ4v) is 3.53. The molecule has 5 rings (SSSR count). The highest BCUT2D eigenvalue weighted by Crippen LogP contribution is 2.27. The molecule has 0 spiro atoms. The van der Waals surface area contributed by atoms with Gasteiger partial charge in [-0.1, -0.05) is 36.4 Å². The van der Waals surface area contributed by atoms with Crippen molar-refractivity contribution < 1.29 is 9.21 Å². The van der Waals surface area contributed by atoms with Gasteiger partial charge in [-0.25, -0.2) is 4.68 Å². The average molecular weight is 423 g/mol. The Morgan fingerprint density at radius 1 is 0.969 bits per heavy atom. The molecule has 2 heterocycles. The van der Waals surface area contributed by atoms with Gasteiger partial charge in [-0.3, -0.25) is 9.59 Å². The number of carbonyl (C=O) groups is 1. The number of aromatic nitrogens is 4. The number of fused-ring (bicyclic) bond motifs is 1. The first-order valence-corrected chi connectivity index (χ1v) is 9.88. The number of benzene rings is 3. The summed E-state index contributed by atoms with van der Waals surface area (Å²) in [4.78, 5) is 26.1. The Morgan fingerprint density at radius 2 is 1.75 bits per heavy atom. The summed E-state index contributed by atoms with van der Waals surface area (Å²) in [5, 5.41) is 14.3. The van der Waals surface area contributed by atoms with Gasteiger partial charge >= 0.3 is 0 Å². The van der Waals surface area contributed by atoms with Crippen LogP contribution in [0.2, 0.25) is 0 Å². The van der Waals surface area contributed by atoms with Crippen molar-refractivity contribution in [3.8, 4) is 17.0 Å². The van der Waals surface area contributed by atoms with Crippen molar-refractivity contribution in [1.82, 2.24) is 20.2 Å². The van der Waals surface area contributed by atoms with Crippen LogP contribution in [0, 0.1) is 6.92 Å². The Balaban J connectivity index is 1.53. The predicted octanol–water partition coefficient (Wildman–Crippen LogP) is 4.00. The number of tetrazole rings is 1. The number of nitrogens with zero attached hydrogens (tertiary/aromatic N) is 4. The molecule has 156 valence electrons. The van der Waals surface area contributed by atoms with Gasteiger partial charge in [0.2, 0.25) is 0 Å². The number of amides is 1. The summed E-state index contributed by atoms with van der Waals surface area (Å²) < 4.78 is 7.64. The Kier molecular flexibility index (Phi) is 4.79. The lowest BCUT2D eigenvalue weighted by molar-refractivity contribution is 0.102. The maximum atomic E-state index is 13.1. The van der Waals surface area contributed by atoms with Gasteiger partial charge in [0.1, 0.15) is 12.1 Å². The zero-order valence-electron chi connectivity index (χ0n) is 17.0. The van der Waals surface area contributed by atoms with E-state index in [0.29, 0.717) is 22.4 Å². The lowest BCUT2D eigenvalue weighted by atomic mass is 10.0. The van der Waals surface area contributed by atoms with Crippen LogP contribution in [-0.2, 0) is 0 Å². The standard InChI is InChI=1S/C24H17N5O3/c1-15-21(30)19-8-5-9-20(23(19)32-22(15)16-6-3-2-4-7-16)24(31)26-17-10-12-18(13-11-17)29-14-25-27-28-29/h2-14H,1H3,(H,26,31). The first kappa shape index (κ1) is 19.4. The Bertz CT molecular complexity index is 1470. The van der Waals surface area contributed by atoms with Crippen LogP contribution in [0.4, 0.5) is 5.69 Å². The summed E-state index contributed by atoms with van der Waals surface area (Å²) in [6, 6.07) is 21.4. The largest absolute Gasteiger partial charge is 0.455 e. The van der Waals surface area contributed by atoms with Crippen molar-refractivity contribution in [3.63, 3.8) is 0 Å². The van der Waals surface area contributed by atoms with Crippen LogP contribution >= 0.6 is 0 Å². The highest BCUT2D eigenvalue weighted by molar-refractivity contribution is 6.11. The van der Waals surface area contributed by atoms with Crippen LogP contribution in [0.3, 0.4) is 0 Å². The van der Waals surface area contributed by atoms with Gasteiger partial charge in [0.15, 0.2) is 11.0 Å². The summed E-state index contributed by atoms with van der Waals surface area (Å²) >= 11 is 0. The molecule has 0 radical (unpaired) electrons. The fraction of sp³-hybridized carbons (Fsp3) is 0.0417. The molecule has 8 heteroatoms. The SMILES string of the molecule is Cc1c(-c2ccccc2)oc2c(C(=O)Nc3ccc(-n4cnnn4)cc3)cccc2c1=O. The third kappa shape index (κ3) is 3.43. The number of rotatable bonds is 4. The van der Waals surface area contributed by atoms with Gasteiger partial charge < -0.3 is 9.73 Å². The molecule has 0 aliphatic heterocycles. The van der Waals surface area contributed by atoms with Gasteiger partial charge in [0.05, 0.1) is 16.6 Å². The molecule has 0 bridgehead atoms. The van der Waals surface area contributed by atoms with E-state index < -0.39 is 0 Å². The van der Waals surface area contributed by atoms with E-state index >= 15 is 0 Å². The van der Waals surface area contributed by atoms with E-state index in [1.807, 2.05) is 30.3 Å². The van der Waals surface area contributed by atoms with Gasteiger partial charge in [-0.05, 0) is 53.7 Å². The zero-order chi connectivity index (χ0) is 22.1. The smallest absolute Gasteiger partial charge is 0.259 e. The Morgan fingerprint density at radius 3 is 2.47 bits per heavy atom. The molecule has 0 saturated carbocycles. The van der Waals surface area contributed by atoms with E-state index in [2.05, 4.69) is 20.8 Å². The van der Waals surface area contributed by atoms with Crippen molar-refractivity contribution in [2.24, 2.45) is 0 Å². The number of hydrogen-bond donors (Lipinski definition) is 1. The second kappa shape index (κ2) is 7.92. The molecule has 1 N–H and O–H groups in total. The summed E-state index contributed by atoms with van der Waals surface area (Å²) in [6.07, 6.45) is 1.48. The predicted molar refractivity (Wildman–Crippen MR) is 120 cm³/mol. The van der Waals surface area contributed by atoms with Gasteiger partial charge in [-0.15, -0.1) is 5.10 Å². The fourth-order valence-electron chi connectivity index (χ4n) is 3.53. The third-order valence-electron chi connectivity index (χ3n) is 5.16. The first-order valence-electron chi connectivity index (χ1n) is 9.88. The maximum Gasteiger partial charge on any atom is 0.259 e. The molecule has 2 aromatic heterocycles. The van der Waals surface area contributed by atoms with E-state index in [9.17, 15) is 9.59 Å². The molecule has 5 aromatic rings. The minimum Gasteiger partial charge on any atom is -0.455 e. The maximum absolute atomic E-state index is 13.1. The molecular formula is C24H17N5O3. The van der Waals surface area contributed by atoms with Crippen molar-refractivity contribution in [3.05, 3.63) is 100 Å². The summed E-state index contributed by atoms with van der Waals surface area (Å²) in [6.45, 7) is 1.73. The monoisotopic (exact) mass is 423 g/mol. The van der Waals surface area contributed by atoms with Crippen molar-refractivity contribution in [2.45, 2.75) is 6.92 Å². The van der Waals surface area contributed by atoms with Crippen LogP contribution < -0.4 is 10.7 Å². The Labute approximate surface area is 182 Å². The third-order valence-corrected chi connectivity index (χ3v) is 5.16. The zero-order valence-corrected chi connectivity index (χ0v) is 17.0. The molecule has 8 nitrogen and oxygen atoms in total. The van der Waals surface area contributed by atoms with E-state index in [0.717, 1.165) is 11.3 Å². The van der Waals surface area contributed by atoms with E-state index in [4.69, 9.17) is 4.42 Å². The number of nitrogens with one attached hydrogen (secondary N) is 1. The molecule has 0 aliphatic rings. The number of hydrogen-bond acceptors (Lipinski definition) is 6. The minimum absolute atomic E-state index is 0.162. The highest BCUT2D eigenvalue weighted by Gasteiger charge is 2.18. The van der Waals surface area contributed by atoms with Crippen LogP contribution in [0.5, 0.6) is 0 Å². The second-order valence-electron chi connectivity index (χ2n) is 7.19. The first-order chi connectivity index (χ1) is 15.6. The molecule has 0 saturated heterocycles. The molecule has 0 atom stereocenters. The molecule has 32 heavy (non-hydrogen) atoms. The number of carbonyl (C=O) groups excluding carboxylic acids is 1. The summed E-state index contributed by atoms with van der Waals surface area (Å²) in [5.74, 6) is 0.0749. The van der Waals surface area contributed by atoms with Crippen LogP contribution in [0.15, 0.2) is 88.3 Å². The lowest BCUT2D eigenvalue weighted by Gasteiger charge is -2.11. The van der Waals surface area contributed by atoms with Crippen molar-refractivity contribution in [2.75, 3.05) is 5.32 Å². The topological polar surface area (TPSA) is 103 Å². The van der Waals surface area contributed by atoms with Gasteiger partial charge in [0.25, 0.3) is 5.91 Å². The van der Waals surface area contributed by atoms with Crippen LogP contribution in [0.1, 0.15) is 15.9 Å². The number of anilines is 1. The van der Waals surface area contributed by atoms with Gasteiger partial charge in [-0.2, -0.15) is 0 Å². The molecule has 0 fully saturated rings. The van der Waals surface area contributed by atoms with Crippen LogP contribution in [-0.4, -0.2) is 26.1 Å². The lowest BCUT2D eigenvalue weighted by Crippen LogP contribution is -2.15. The second-order valence-corrected chi connectivity index (χ2v) is 7.19. The number of para-hydroxylation sites is 1. The molecule has 0 unspecified atom stereocenters. The van der Waals surface area contributed by atoms with E-state index in [-0.39, 0.29) is 22.5 Å². The van der Waals surface area contributed by atoms with Crippen molar-refractivity contribution in [1.29, 1.82) is 0 Å². The molecule has 0 aliphatic carbocycles. The van der Waals surface area contributed by atoms with Gasteiger partial charge in [0, 0.05) is 16.8 Å². The average Bonchev–Trinajstić information content (AvgIpc) is 3.37.